The van der Waals surface area contributed by atoms with Gasteiger partial charge in [-0.1, -0.05) is 17.7 Å². The van der Waals surface area contributed by atoms with E-state index in [0.29, 0.717) is 24.7 Å². The predicted molar refractivity (Wildman–Crippen MR) is 125 cm³/mol. The Morgan fingerprint density at radius 2 is 2.03 bits per heavy atom. The minimum Gasteiger partial charge on any atom is -0.395 e. The lowest BCUT2D eigenvalue weighted by atomic mass is 9.98. The zero-order valence-corrected chi connectivity index (χ0v) is 18.8. The average molecular weight is 462 g/mol. The van der Waals surface area contributed by atoms with Crippen molar-refractivity contribution in [1.29, 1.82) is 0 Å². The van der Waals surface area contributed by atoms with Crippen molar-refractivity contribution in [3.05, 3.63) is 89.1 Å². The number of halogens is 1. The minimum absolute atomic E-state index is 0.110. The van der Waals surface area contributed by atoms with E-state index >= 15 is 0 Å². The first kappa shape index (κ1) is 20.4. The van der Waals surface area contributed by atoms with Gasteiger partial charge in [-0.3, -0.25) is 4.68 Å². The van der Waals surface area contributed by atoms with Crippen LogP contribution in [0.25, 0.3) is 11.2 Å². The summed E-state index contributed by atoms with van der Waals surface area (Å²) < 4.78 is 5.92. The topological polar surface area (TPSA) is 84.7 Å². The van der Waals surface area contributed by atoms with Gasteiger partial charge in [0.1, 0.15) is 5.65 Å². The third kappa shape index (κ3) is 3.80. The smallest absolute Gasteiger partial charge is 0.140 e. The van der Waals surface area contributed by atoms with Gasteiger partial charge in [-0.25, -0.2) is 9.97 Å². The number of aromatic nitrogens is 6. The maximum absolute atomic E-state index is 9.84. The van der Waals surface area contributed by atoms with Crippen molar-refractivity contribution in [3.8, 4) is 0 Å². The van der Waals surface area contributed by atoms with E-state index in [2.05, 4.69) is 21.5 Å². The van der Waals surface area contributed by atoms with Crippen molar-refractivity contribution in [2.75, 3.05) is 6.61 Å². The number of hydrogen-bond donors (Lipinski definition) is 2. The van der Waals surface area contributed by atoms with Crippen molar-refractivity contribution < 1.29 is 5.11 Å². The lowest BCUT2D eigenvalue weighted by molar-refractivity contribution is 0.255. The Hall–Kier alpha value is -3.20. The summed E-state index contributed by atoms with van der Waals surface area (Å²) in [6, 6.07) is 7.89. The third-order valence-corrected chi connectivity index (χ3v) is 6.71. The van der Waals surface area contributed by atoms with Gasteiger partial charge in [-0.05, 0) is 31.0 Å². The fourth-order valence-electron chi connectivity index (χ4n) is 4.45. The number of aliphatic hydroxyl groups is 1. The molecular formula is C24H24ClN7O. The zero-order chi connectivity index (χ0) is 22.4. The predicted octanol–water partition coefficient (Wildman–Crippen LogP) is 3.19. The molecule has 33 heavy (non-hydrogen) atoms. The normalized spacial score (nSPS) is 15.0. The Morgan fingerprint density at radius 1 is 1.12 bits per heavy atom. The molecule has 0 saturated heterocycles. The summed E-state index contributed by atoms with van der Waals surface area (Å²) in [5.41, 5.74) is 5.96. The first-order valence-corrected chi connectivity index (χ1v) is 11.4. The van der Waals surface area contributed by atoms with E-state index < -0.39 is 0 Å². The Labute approximate surface area is 195 Å². The molecule has 0 spiro atoms. The number of rotatable bonds is 8. The quantitative estimate of drug-likeness (QED) is 0.370. The standard InChI is InChI=1S/C24H24ClN7O/c25-18-3-7-31-16-27-21(22(31)8-18)11-26-9-17-10-28-32(12-17)14-19-13-30-6-1-2-20(23(30)29-19)24(15-33)4-5-24/h1-3,6-8,10,12-13,16,26,33H,4-5,9,11,14-15H2. The van der Waals surface area contributed by atoms with Crippen LogP contribution in [-0.4, -0.2) is 40.3 Å². The molecule has 168 valence electrons. The van der Waals surface area contributed by atoms with Crippen LogP contribution in [0.5, 0.6) is 0 Å². The summed E-state index contributed by atoms with van der Waals surface area (Å²) in [5.74, 6) is 0. The molecule has 5 heterocycles. The highest BCUT2D eigenvalue weighted by Gasteiger charge is 2.45. The molecule has 1 saturated carbocycles. The largest absolute Gasteiger partial charge is 0.395 e. The van der Waals surface area contributed by atoms with Crippen molar-refractivity contribution in [1.82, 2.24) is 33.9 Å². The summed E-state index contributed by atoms with van der Waals surface area (Å²) in [5, 5.41) is 18.5. The van der Waals surface area contributed by atoms with Crippen LogP contribution in [0, 0.1) is 0 Å². The summed E-state index contributed by atoms with van der Waals surface area (Å²) >= 11 is 6.12. The molecule has 9 heteroatoms. The molecule has 0 aromatic carbocycles. The van der Waals surface area contributed by atoms with Crippen LogP contribution in [0.3, 0.4) is 0 Å². The molecule has 6 rings (SSSR count). The van der Waals surface area contributed by atoms with Crippen LogP contribution >= 0.6 is 11.6 Å². The van der Waals surface area contributed by atoms with Crippen molar-refractivity contribution in [2.45, 2.75) is 37.9 Å². The monoisotopic (exact) mass is 461 g/mol. The molecule has 0 atom stereocenters. The van der Waals surface area contributed by atoms with E-state index in [1.54, 1.807) is 6.33 Å². The van der Waals surface area contributed by atoms with Gasteiger partial charge in [-0.2, -0.15) is 5.10 Å². The molecule has 2 N–H and O–H groups in total. The summed E-state index contributed by atoms with van der Waals surface area (Å²) in [7, 11) is 0. The van der Waals surface area contributed by atoms with Gasteiger partial charge in [-0.15, -0.1) is 0 Å². The van der Waals surface area contributed by atoms with Crippen LogP contribution < -0.4 is 5.32 Å². The van der Waals surface area contributed by atoms with E-state index in [-0.39, 0.29) is 12.0 Å². The van der Waals surface area contributed by atoms with E-state index in [4.69, 9.17) is 16.6 Å². The van der Waals surface area contributed by atoms with Gasteiger partial charge >= 0.3 is 0 Å². The average Bonchev–Trinajstić information content (AvgIpc) is 3.11. The zero-order valence-electron chi connectivity index (χ0n) is 18.0. The lowest BCUT2D eigenvalue weighted by Gasteiger charge is -2.12. The summed E-state index contributed by atoms with van der Waals surface area (Å²) in [6.45, 7) is 2.10. The number of fused-ring (bicyclic) bond motifs is 2. The first-order valence-electron chi connectivity index (χ1n) is 11.0. The van der Waals surface area contributed by atoms with E-state index in [1.807, 2.05) is 62.7 Å². The summed E-state index contributed by atoms with van der Waals surface area (Å²) in [4.78, 5) is 9.34. The molecule has 0 aliphatic heterocycles. The molecule has 1 fully saturated rings. The molecule has 1 aliphatic carbocycles. The van der Waals surface area contributed by atoms with E-state index in [9.17, 15) is 5.11 Å². The molecule has 0 amide bonds. The number of hydrogen-bond acceptors (Lipinski definition) is 5. The summed E-state index contributed by atoms with van der Waals surface area (Å²) in [6.07, 6.45) is 13.7. The fraction of sp³-hybridized carbons (Fsp3) is 0.292. The van der Waals surface area contributed by atoms with E-state index in [1.165, 1.54) is 0 Å². The molecular weight excluding hydrogens is 438 g/mol. The Balaban J connectivity index is 1.12. The highest BCUT2D eigenvalue weighted by molar-refractivity contribution is 6.30. The van der Waals surface area contributed by atoms with Gasteiger partial charge in [0.15, 0.2) is 0 Å². The molecule has 0 unspecified atom stereocenters. The highest BCUT2D eigenvalue weighted by Crippen LogP contribution is 2.48. The Kier molecular flexibility index (Phi) is 4.94. The highest BCUT2D eigenvalue weighted by atomic mass is 35.5. The number of aliphatic hydroxyl groups excluding tert-OH is 1. The second-order valence-corrected chi connectivity index (χ2v) is 9.24. The van der Waals surface area contributed by atoms with Crippen LogP contribution in [0.2, 0.25) is 5.02 Å². The first-order chi connectivity index (χ1) is 16.1. The van der Waals surface area contributed by atoms with Crippen LogP contribution in [0.15, 0.2) is 61.6 Å². The maximum Gasteiger partial charge on any atom is 0.140 e. The fourth-order valence-corrected chi connectivity index (χ4v) is 4.60. The Morgan fingerprint density at radius 3 is 2.88 bits per heavy atom. The number of nitrogens with zero attached hydrogens (tertiary/aromatic N) is 6. The molecule has 1 aliphatic rings. The van der Waals surface area contributed by atoms with E-state index in [0.717, 1.165) is 46.5 Å². The van der Waals surface area contributed by atoms with Gasteiger partial charge in [0, 0.05) is 59.4 Å². The maximum atomic E-state index is 9.84. The molecule has 5 aromatic heterocycles. The number of imidazole rings is 2. The number of nitrogens with one attached hydrogen (secondary N) is 1. The Bertz CT molecular complexity index is 1450. The van der Waals surface area contributed by atoms with Crippen LogP contribution in [-0.2, 0) is 25.0 Å². The molecule has 5 aromatic rings. The van der Waals surface area contributed by atoms with Crippen molar-refractivity contribution in [2.24, 2.45) is 0 Å². The second-order valence-electron chi connectivity index (χ2n) is 8.80. The van der Waals surface area contributed by atoms with Crippen LogP contribution in [0.4, 0.5) is 0 Å². The number of pyridine rings is 2. The lowest BCUT2D eigenvalue weighted by Crippen LogP contribution is -2.13. The molecule has 8 nitrogen and oxygen atoms in total. The SMILES string of the molecule is OCC1(c2cccn3cc(Cn4cc(CNCc5ncn6ccc(Cl)cc56)cn4)nc23)CC1. The minimum atomic E-state index is -0.110. The van der Waals surface area contributed by atoms with Crippen molar-refractivity contribution >= 4 is 22.8 Å². The van der Waals surface area contributed by atoms with Crippen molar-refractivity contribution in [3.63, 3.8) is 0 Å². The van der Waals surface area contributed by atoms with Gasteiger partial charge in [0.2, 0.25) is 0 Å². The third-order valence-electron chi connectivity index (χ3n) is 6.47. The van der Waals surface area contributed by atoms with Gasteiger partial charge < -0.3 is 19.2 Å². The van der Waals surface area contributed by atoms with Gasteiger partial charge in [0.05, 0.1) is 42.6 Å². The van der Waals surface area contributed by atoms with Gasteiger partial charge in [0.25, 0.3) is 0 Å². The molecule has 0 bridgehead atoms. The molecule has 0 radical (unpaired) electrons. The van der Waals surface area contributed by atoms with Crippen LogP contribution in [0.1, 0.15) is 35.4 Å². The second kappa shape index (κ2) is 7.98.